The Morgan fingerprint density at radius 3 is 2.71 bits per heavy atom. The smallest absolute Gasteiger partial charge is 0.336 e. The summed E-state index contributed by atoms with van der Waals surface area (Å²) in [5, 5.41) is 9.11. The van der Waals surface area contributed by atoms with Gasteiger partial charge in [-0.05, 0) is 37.3 Å². The molecule has 1 N–H and O–H groups in total. The zero-order valence-electron chi connectivity index (χ0n) is 11.7. The van der Waals surface area contributed by atoms with Gasteiger partial charge in [0.05, 0.1) is 12.7 Å². The van der Waals surface area contributed by atoms with Crippen LogP contribution in [0.25, 0.3) is 0 Å². The molecule has 5 heteroatoms. The van der Waals surface area contributed by atoms with Crippen molar-refractivity contribution in [3.63, 3.8) is 0 Å². The number of carboxylic acids is 1. The number of methoxy groups -OCH3 is 1. The first-order valence-corrected chi connectivity index (χ1v) is 7.10. The summed E-state index contributed by atoms with van der Waals surface area (Å²) in [5.74, 6) is 0.345. The van der Waals surface area contributed by atoms with Crippen LogP contribution in [0.15, 0.2) is 40.9 Å². The van der Waals surface area contributed by atoms with Crippen molar-refractivity contribution in [1.29, 1.82) is 0 Å². The van der Waals surface area contributed by atoms with E-state index >= 15 is 0 Å². The van der Waals surface area contributed by atoms with Gasteiger partial charge >= 0.3 is 5.97 Å². The number of carbonyl (C=O) groups is 1. The van der Waals surface area contributed by atoms with E-state index in [1.54, 1.807) is 32.2 Å². The van der Waals surface area contributed by atoms with E-state index in [4.69, 9.17) is 14.6 Å². The molecule has 0 atom stereocenters. The number of halogens is 1. The van der Waals surface area contributed by atoms with Crippen LogP contribution in [0.3, 0.4) is 0 Å². The van der Waals surface area contributed by atoms with Gasteiger partial charge < -0.3 is 14.6 Å². The second-order valence-corrected chi connectivity index (χ2v) is 5.33. The molecule has 2 aromatic rings. The van der Waals surface area contributed by atoms with Gasteiger partial charge in [-0.2, -0.15) is 0 Å². The van der Waals surface area contributed by atoms with Crippen LogP contribution in [-0.2, 0) is 6.61 Å². The lowest BCUT2D eigenvalue weighted by Gasteiger charge is -2.12. The normalized spacial score (nSPS) is 10.2. The summed E-state index contributed by atoms with van der Waals surface area (Å²) in [4.78, 5) is 11.1. The van der Waals surface area contributed by atoms with E-state index in [1.165, 1.54) is 0 Å². The minimum Gasteiger partial charge on any atom is -0.497 e. The number of carboxylic acid groups (broad SMARTS) is 1. The van der Waals surface area contributed by atoms with Gasteiger partial charge in [0, 0.05) is 15.6 Å². The summed E-state index contributed by atoms with van der Waals surface area (Å²) in [7, 11) is 1.61. The van der Waals surface area contributed by atoms with Crippen molar-refractivity contribution in [3.8, 4) is 11.5 Å². The Labute approximate surface area is 131 Å². The van der Waals surface area contributed by atoms with E-state index in [2.05, 4.69) is 15.9 Å². The van der Waals surface area contributed by atoms with E-state index in [9.17, 15) is 4.79 Å². The number of hydrogen-bond donors (Lipinski definition) is 1. The molecule has 0 radical (unpaired) electrons. The molecule has 0 aliphatic heterocycles. The van der Waals surface area contributed by atoms with Crippen molar-refractivity contribution >= 4 is 21.9 Å². The van der Waals surface area contributed by atoms with E-state index < -0.39 is 5.97 Å². The van der Waals surface area contributed by atoms with Gasteiger partial charge in [0.2, 0.25) is 0 Å². The molecule has 0 heterocycles. The highest BCUT2D eigenvalue weighted by molar-refractivity contribution is 9.10. The Morgan fingerprint density at radius 2 is 2.05 bits per heavy atom. The molecule has 0 spiro atoms. The van der Waals surface area contributed by atoms with Crippen molar-refractivity contribution in [3.05, 3.63) is 57.6 Å². The van der Waals surface area contributed by atoms with Gasteiger partial charge in [-0.1, -0.05) is 22.0 Å². The van der Waals surface area contributed by atoms with E-state index in [0.717, 1.165) is 15.8 Å². The molecule has 0 aliphatic rings. The lowest BCUT2D eigenvalue weighted by atomic mass is 10.1. The summed E-state index contributed by atoms with van der Waals surface area (Å²) < 4.78 is 11.8. The molecule has 0 saturated heterocycles. The number of benzene rings is 2. The van der Waals surface area contributed by atoms with Crippen LogP contribution in [0.4, 0.5) is 0 Å². The zero-order valence-corrected chi connectivity index (χ0v) is 13.3. The van der Waals surface area contributed by atoms with E-state index in [-0.39, 0.29) is 5.56 Å². The average molecular weight is 351 g/mol. The van der Waals surface area contributed by atoms with Crippen molar-refractivity contribution in [2.75, 3.05) is 7.11 Å². The van der Waals surface area contributed by atoms with E-state index in [1.807, 2.05) is 18.2 Å². The Hall–Kier alpha value is -2.01. The van der Waals surface area contributed by atoms with Crippen LogP contribution in [0, 0.1) is 6.92 Å². The number of aromatic carboxylic acids is 1. The molecule has 0 aromatic heterocycles. The fourth-order valence-corrected chi connectivity index (χ4v) is 2.31. The van der Waals surface area contributed by atoms with Crippen LogP contribution in [-0.4, -0.2) is 18.2 Å². The van der Waals surface area contributed by atoms with Gasteiger partial charge in [0.15, 0.2) is 0 Å². The van der Waals surface area contributed by atoms with Gasteiger partial charge in [0.1, 0.15) is 18.1 Å². The number of ether oxygens (including phenoxy) is 2. The summed E-state index contributed by atoms with van der Waals surface area (Å²) in [5.41, 5.74) is 1.79. The molecule has 0 unspecified atom stereocenters. The molecule has 0 aliphatic carbocycles. The second-order valence-electron chi connectivity index (χ2n) is 4.48. The van der Waals surface area contributed by atoms with Gasteiger partial charge in [-0.25, -0.2) is 4.79 Å². The molecule has 0 amide bonds. The average Bonchev–Trinajstić information content (AvgIpc) is 2.47. The monoisotopic (exact) mass is 350 g/mol. The highest BCUT2D eigenvalue weighted by Crippen LogP contribution is 2.26. The summed E-state index contributed by atoms with van der Waals surface area (Å²) in [6.45, 7) is 2.06. The summed E-state index contributed by atoms with van der Waals surface area (Å²) in [6, 6.07) is 10.6. The first kappa shape index (κ1) is 15.4. The SMILES string of the molecule is COc1ccc(Br)c(COc2cccc(C(=O)O)c2C)c1. The fourth-order valence-electron chi connectivity index (χ4n) is 1.95. The number of hydrogen-bond acceptors (Lipinski definition) is 3. The fraction of sp³-hybridized carbons (Fsp3) is 0.188. The molecular weight excluding hydrogens is 336 g/mol. The summed E-state index contributed by atoms with van der Waals surface area (Å²) in [6.07, 6.45) is 0. The lowest BCUT2D eigenvalue weighted by molar-refractivity contribution is 0.0695. The topological polar surface area (TPSA) is 55.8 Å². The van der Waals surface area contributed by atoms with Gasteiger partial charge in [-0.15, -0.1) is 0 Å². The summed E-state index contributed by atoms with van der Waals surface area (Å²) >= 11 is 3.46. The molecule has 2 aromatic carbocycles. The van der Waals surface area contributed by atoms with Crippen LogP contribution in [0.5, 0.6) is 11.5 Å². The minimum atomic E-state index is -0.958. The molecule has 0 bridgehead atoms. The van der Waals surface area contributed by atoms with Crippen molar-refractivity contribution in [1.82, 2.24) is 0 Å². The lowest BCUT2D eigenvalue weighted by Crippen LogP contribution is -2.03. The zero-order chi connectivity index (χ0) is 15.4. The van der Waals surface area contributed by atoms with E-state index in [0.29, 0.717) is 17.9 Å². The molecule has 21 heavy (non-hydrogen) atoms. The maximum absolute atomic E-state index is 11.1. The molecule has 4 nitrogen and oxygen atoms in total. The van der Waals surface area contributed by atoms with Gasteiger partial charge in [-0.3, -0.25) is 0 Å². The second kappa shape index (κ2) is 6.63. The van der Waals surface area contributed by atoms with Crippen molar-refractivity contribution in [2.45, 2.75) is 13.5 Å². The van der Waals surface area contributed by atoms with Gasteiger partial charge in [0.25, 0.3) is 0 Å². The minimum absolute atomic E-state index is 0.247. The molecule has 110 valence electrons. The molecular formula is C16H15BrO4. The Morgan fingerprint density at radius 1 is 1.29 bits per heavy atom. The first-order valence-electron chi connectivity index (χ1n) is 6.31. The maximum Gasteiger partial charge on any atom is 0.336 e. The Kier molecular flexibility index (Phi) is 4.85. The third-order valence-electron chi connectivity index (χ3n) is 3.15. The predicted molar refractivity (Wildman–Crippen MR) is 83.2 cm³/mol. The third kappa shape index (κ3) is 3.55. The highest BCUT2D eigenvalue weighted by atomic mass is 79.9. The Bertz CT molecular complexity index is 667. The van der Waals surface area contributed by atoms with Crippen molar-refractivity contribution < 1.29 is 19.4 Å². The van der Waals surface area contributed by atoms with Crippen molar-refractivity contribution in [2.24, 2.45) is 0 Å². The Balaban J connectivity index is 2.21. The molecule has 2 rings (SSSR count). The maximum atomic E-state index is 11.1. The largest absolute Gasteiger partial charge is 0.497 e. The quantitative estimate of drug-likeness (QED) is 0.883. The highest BCUT2D eigenvalue weighted by Gasteiger charge is 2.11. The first-order chi connectivity index (χ1) is 10.0. The van der Waals surface area contributed by atoms with Crippen LogP contribution >= 0.6 is 15.9 Å². The van der Waals surface area contributed by atoms with Crippen LogP contribution in [0.2, 0.25) is 0 Å². The third-order valence-corrected chi connectivity index (χ3v) is 3.92. The standard InChI is InChI=1S/C16H15BrO4/c1-10-13(16(18)19)4-3-5-15(10)21-9-11-8-12(20-2)6-7-14(11)17/h3-8H,9H2,1-2H3,(H,18,19). The predicted octanol–water partition coefficient (Wildman–Crippen LogP) is 4.04. The molecule has 0 fully saturated rings. The molecule has 0 saturated carbocycles. The van der Waals surface area contributed by atoms with Crippen LogP contribution in [0.1, 0.15) is 21.5 Å². The van der Waals surface area contributed by atoms with Crippen LogP contribution < -0.4 is 9.47 Å². The number of rotatable bonds is 5.